The largest absolute Gasteiger partial charge is 0.481 e. The van der Waals surface area contributed by atoms with Crippen molar-refractivity contribution in [1.29, 1.82) is 0 Å². The van der Waals surface area contributed by atoms with Crippen LogP contribution in [0.1, 0.15) is 36.0 Å². The molecule has 2 aromatic carbocycles. The summed E-state index contributed by atoms with van der Waals surface area (Å²) in [6.07, 6.45) is 4.06. The van der Waals surface area contributed by atoms with Crippen molar-refractivity contribution in [1.82, 2.24) is 0 Å². The van der Waals surface area contributed by atoms with Gasteiger partial charge in [-0.3, -0.25) is 9.59 Å². The first kappa shape index (κ1) is 15.9. The van der Waals surface area contributed by atoms with Gasteiger partial charge in [0.1, 0.15) is 0 Å². The maximum atomic E-state index is 12.8. The van der Waals surface area contributed by atoms with Gasteiger partial charge in [0.15, 0.2) is 0 Å². The van der Waals surface area contributed by atoms with Crippen LogP contribution in [0.2, 0.25) is 0 Å². The third kappa shape index (κ3) is 2.82. The summed E-state index contributed by atoms with van der Waals surface area (Å²) in [4.78, 5) is 23.9. The lowest BCUT2D eigenvalue weighted by Gasteiger charge is -2.26. The second kappa shape index (κ2) is 6.03. The number of nitrogens with one attached hydrogen (secondary N) is 1. The molecular formula is C21H21NO3. The fourth-order valence-corrected chi connectivity index (χ4v) is 4.36. The molecule has 4 rings (SSSR count). The highest BCUT2D eigenvalue weighted by molar-refractivity contribution is 5.97. The highest BCUT2D eigenvalue weighted by Crippen LogP contribution is 2.60. The van der Waals surface area contributed by atoms with E-state index in [9.17, 15) is 9.59 Å². The van der Waals surface area contributed by atoms with Crippen LogP contribution < -0.4 is 5.32 Å². The van der Waals surface area contributed by atoms with Crippen molar-refractivity contribution < 1.29 is 14.7 Å². The molecule has 25 heavy (non-hydrogen) atoms. The molecule has 0 aliphatic heterocycles. The molecule has 2 aliphatic carbocycles. The van der Waals surface area contributed by atoms with Crippen LogP contribution in [0.4, 0.5) is 5.69 Å². The molecule has 2 unspecified atom stereocenters. The molecule has 1 spiro atoms. The lowest BCUT2D eigenvalue weighted by atomic mass is 9.78. The minimum absolute atomic E-state index is 0.00884. The van der Waals surface area contributed by atoms with Crippen LogP contribution in [0.3, 0.4) is 0 Å². The normalized spacial score (nSPS) is 23.8. The van der Waals surface area contributed by atoms with Gasteiger partial charge in [-0.1, -0.05) is 42.5 Å². The summed E-state index contributed by atoms with van der Waals surface area (Å²) in [6.45, 7) is 0. The number of para-hydroxylation sites is 1. The minimum atomic E-state index is -0.897. The lowest BCUT2D eigenvalue weighted by molar-refractivity contribution is -0.136. The predicted octanol–water partition coefficient (Wildman–Crippen LogP) is 3.55. The first-order valence-corrected chi connectivity index (χ1v) is 8.79. The molecule has 0 aromatic heterocycles. The van der Waals surface area contributed by atoms with Crippen molar-refractivity contribution in [3.8, 4) is 0 Å². The number of carbonyl (C=O) groups is 2. The van der Waals surface area contributed by atoms with Crippen molar-refractivity contribution in [2.45, 2.75) is 37.5 Å². The summed E-state index contributed by atoms with van der Waals surface area (Å²) >= 11 is 0. The molecule has 4 heteroatoms. The van der Waals surface area contributed by atoms with Gasteiger partial charge < -0.3 is 10.4 Å². The van der Waals surface area contributed by atoms with E-state index < -0.39 is 5.97 Å². The number of hydrogen-bond acceptors (Lipinski definition) is 2. The zero-order chi connectivity index (χ0) is 17.4. The summed E-state index contributed by atoms with van der Waals surface area (Å²) < 4.78 is 0. The van der Waals surface area contributed by atoms with Gasteiger partial charge in [-0.2, -0.15) is 0 Å². The van der Waals surface area contributed by atoms with Crippen molar-refractivity contribution in [3.63, 3.8) is 0 Å². The maximum Gasteiger partial charge on any atom is 0.307 e. The molecule has 128 valence electrons. The zero-order valence-electron chi connectivity index (χ0n) is 14.0. The second-order valence-electron chi connectivity index (χ2n) is 7.14. The van der Waals surface area contributed by atoms with E-state index in [1.165, 1.54) is 11.1 Å². The number of fused-ring (bicyclic) bond motifs is 2. The number of hydrogen-bond donors (Lipinski definition) is 2. The molecular weight excluding hydrogens is 314 g/mol. The molecule has 1 saturated carbocycles. The Morgan fingerprint density at radius 3 is 2.72 bits per heavy atom. The highest BCUT2D eigenvalue weighted by Gasteiger charge is 2.60. The van der Waals surface area contributed by atoms with Crippen LogP contribution in [0.5, 0.6) is 0 Å². The van der Waals surface area contributed by atoms with E-state index in [1.807, 2.05) is 6.07 Å². The predicted molar refractivity (Wildman–Crippen MR) is 95.6 cm³/mol. The fourth-order valence-electron chi connectivity index (χ4n) is 4.36. The van der Waals surface area contributed by atoms with Crippen molar-refractivity contribution in [2.75, 3.05) is 5.32 Å². The van der Waals surface area contributed by atoms with E-state index in [2.05, 4.69) is 29.6 Å². The van der Waals surface area contributed by atoms with Crippen LogP contribution in [0, 0.1) is 5.92 Å². The number of carboxylic acid groups (broad SMARTS) is 1. The van der Waals surface area contributed by atoms with E-state index in [0.717, 1.165) is 25.7 Å². The summed E-state index contributed by atoms with van der Waals surface area (Å²) in [6, 6.07) is 15.6. The minimum Gasteiger partial charge on any atom is -0.481 e. The van der Waals surface area contributed by atoms with Crippen LogP contribution in [-0.4, -0.2) is 17.0 Å². The monoisotopic (exact) mass is 335 g/mol. The molecule has 1 amide bonds. The zero-order valence-corrected chi connectivity index (χ0v) is 14.0. The Labute approximate surface area is 146 Å². The summed E-state index contributed by atoms with van der Waals surface area (Å²) in [7, 11) is 0. The second-order valence-corrected chi connectivity index (χ2v) is 7.14. The Morgan fingerprint density at radius 2 is 1.88 bits per heavy atom. The third-order valence-corrected chi connectivity index (χ3v) is 5.63. The van der Waals surface area contributed by atoms with Gasteiger partial charge in [-0.05, 0) is 48.4 Å². The van der Waals surface area contributed by atoms with Gasteiger partial charge in [0, 0.05) is 17.0 Å². The van der Waals surface area contributed by atoms with Crippen molar-refractivity contribution >= 4 is 17.6 Å². The Hall–Kier alpha value is -2.62. The smallest absolute Gasteiger partial charge is 0.307 e. The average molecular weight is 335 g/mol. The highest BCUT2D eigenvalue weighted by atomic mass is 16.4. The number of aryl methyl sites for hydroxylation is 1. The van der Waals surface area contributed by atoms with Gasteiger partial charge in [0.2, 0.25) is 5.91 Å². The molecule has 0 radical (unpaired) electrons. The first-order chi connectivity index (χ1) is 12.1. The van der Waals surface area contributed by atoms with E-state index in [1.54, 1.807) is 18.2 Å². The standard InChI is InChI=1S/C21H21NO3/c23-19(24)12-15-7-2-4-10-18(15)22-20(25)17-13-21(17)11-5-8-14-6-1-3-9-16(14)21/h1-4,6-7,9-10,17H,5,8,11-13H2,(H,22,25)(H,23,24). The Kier molecular flexibility index (Phi) is 3.83. The number of carboxylic acids is 1. The van der Waals surface area contributed by atoms with Gasteiger partial charge >= 0.3 is 5.97 Å². The van der Waals surface area contributed by atoms with Gasteiger partial charge in [0.25, 0.3) is 0 Å². The van der Waals surface area contributed by atoms with Gasteiger partial charge in [0.05, 0.1) is 6.42 Å². The number of amides is 1. The SMILES string of the molecule is O=C(O)Cc1ccccc1NC(=O)C1CC12CCCc1ccccc12. The summed E-state index contributed by atoms with van der Waals surface area (Å²) in [5.41, 5.74) is 3.94. The third-order valence-electron chi connectivity index (χ3n) is 5.63. The number of anilines is 1. The summed E-state index contributed by atoms with van der Waals surface area (Å²) in [5.74, 6) is -0.910. The Bertz CT molecular complexity index is 845. The van der Waals surface area contributed by atoms with E-state index in [0.29, 0.717) is 11.3 Å². The molecule has 2 N–H and O–H groups in total. The Morgan fingerprint density at radius 1 is 1.12 bits per heavy atom. The van der Waals surface area contributed by atoms with Crippen molar-refractivity contribution in [2.24, 2.45) is 5.92 Å². The van der Waals surface area contributed by atoms with Gasteiger partial charge in [-0.15, -0.1) is 0 Å². The van der Waals surface area contributed by atoms with E-state index >= 15 is 0 Å². The molecule has 4 nitrogen and oxygen atoms in total. The van der Waals surface area contributed by atoms with Crippen molar-refractivity contribution in [3.05, 3.63) is 65.2 Å². The van der Waals surface area contributed by atoms with E-state index in [-0.39, 0.29) is 23.7 Å². The lowest BCUT2D eigenvalue weighted by Crippen LogP contribution is -2.25. The molecule has 0 saturated heterocycles. The van der Waals surface area contributed by atoms with Crippen LogP contribution in [-0.2, 0) is 27.8 Å². The van der Waals surface area contributed by atoms with Crippen LogP contribution in [0.15, 0.2) is 48.5 Å². The molecule has 0 bridgehead atoms. The number of aliphatic carboxylic acids is 1. The number of benzene rings is 2. The Balaban J connectivity index is 1.55. The fraction of sp³-hybridized carbons (Fsp3) is 0.333. The maximum absolute atomic E-state index is 12.8. The summed E-state index contributed by atoms with van der Waals surface area (Å²) in [5, 5.41) is 12.0. The quantitative estimate of drug-likeness (QED) is 0.898. The molecule has 1 fully saturated rings. The van der Waals surface area contributed by atoms with Crippen LogP contribution >= 0.6 is 0 Å². The molecule has 0 heterocycles. The first-order valence-electron chi connectivity index (χ1n) is 8.79. The molecule has 2 aromatic rings. The van der Waals surface area contributed by atoms with E-state index in [4.69, 9.17) is 5.11 Å². The average Bonchev–Trinajstić information content (AvgIpc) is 3.31. The number of carbonyl (C=O) groups excluding carboxylic acids is 1. The topological polar surface area (TPSA) is 66.4 Å². The molecule has 2 aliphatic rings. The van der Waals surface area contributed by atoms with Gasteiger partial charge in [-0.25, -0.2) is 0 Å². The molecule has 2 atom stereocenters. The van der Waals surface area contributed by atoms with Crippen LogP contribution in [0.25, 0.3) is 0 Å². The number of rotatable bonds is 4.